The summed E-state index contributed by atoms with van der Waals surface area (Å²) in [5.41, 5.74) is 1.16. The van der Waals surface area contributed by atoms with Crippen LogP contribution in [0.3, 0.4) is 0 Å². The summed E-state index contributed by atoms with van der Waals surface area (Å²) < 4.78 is 59.9. The molecule has 0 aliphatic heterocycles. The standard InChI is InChI=1S/C18H19F3N6O3S/c1-31(29,30)9-8-23-16(28)11-2-4-12(5-3-11)25-17-26-14-13(6-7-22-14)15(27-17)24-10-18(19,20)21/h2-7H,8-10H2,1H3,(H,23,28)(H3,22,24,25,26,27). The number of amides is 1. The van der Waals surface area contributed by atoms with Gasteiger partial charge in [-0.1, -0.05) is 0 Å². The second-order valence-corrected chi connectivity index (χ2v) is 8.95. The number of halogens is 3. The van der Waals surface area contributed by atoms with Crippen LogP contribution in [0.2, 0.25) is 0 Å². The summed E-state index contributed by atoms with van der Waals surface area (Å²) in [5.74, 6) is -0.516. The summed E-state index contributed by atoms with van der Waals surface area (Å²) in [6.07, 6.45) is -1.78. The Bertz CT molecular complexity index is 1180. The number of aromatic amines is 1. The van der Waals surface area contributed by atoms with E-state index in [0.29, 0.717) is 22.3 Å². The molecule has 0 fully saturated rings. The van der Waals surface area contributed by atoms with Gasteiger partial charge >= 0.3 is 6.18 Å². The lowest BCUT2D eigenvalue weighted by Crippen LogP contribution is -2.28. The molecule has 9 nitrogen and oxygen atoms in total. The van der Waals surface area contributed by atoms with Crippen LogP contribution in [0, 0.1) is 0 Å². The van der Waals surface area contributed by atoms with Gasteiger partial charge < -0.3 is 20.9 Å². The molecule has 0 radical (unpaired) electrons. The van der Waals surface area contributed by atoms with Crippen LogP contribution in [-0.2, 0) is 9.84 Å². The first-order valence-corrected chi connectivity index (χ1v) is 11.0. The lowest BCUT2D eigenvalue weighted by Gasteiger charge is -2.12. The molecule has 0 saturated carbocycles. The molecule has 2 heterocycles. The Kier molecular flexibility index (Phi) is 6.34. The molecule has 0 unspecified atom stereocenters. The monoisotopic (exact) mass is 456 g/mol. The number of nitrogens with one attached hydrogen (secondary N) is 4. The lowest BCUT2D eigenvalue weighted by molar-refractivity contribution is -0.115. The molecule has 0 saturated heterocycles. The molecule has 0 bridgehead atoms. The highest BCUT2D eigenvalue weighted by Crippen LogP contribution is 2.24. The Morgan fingerprint density at radius 2 is 1.84 bits per heavy atom. The number of carbonyl (C=O) groups excluding carboxylic acids is 1. The highest BCUT2D eigenvalue weighted by Gasteiger charge is 2.27. The summed E-state index contributed by atoms with van der Waals surface area (Å²) in [6.45, 7) is -1.25. The van der Waals surface area contributed by atoms with E-state index in [1.165, 1.54) is 12.1 Å². The molecule has 3 aromatic rings. The quantitative estimate of drug-likeness (QED) is 0.410. The molecule has 1 amide bonds. The van der Waals surface area contributed by atoms with E-state index in [2.05, 4.69) is 30.9 Å². The smallest absolute Gasteiger partial charge is 0.360 e. The van der Waals surface area contributed by atoms with Gasteiger partial charge in [0, 0.05) is 30.2 Å². The minimum atomic E-state index is -4.40. The molecule has 0 aliphatic rings. The molecule has 2 aromatic heterocycles. The Labute approximate surface area is 175 Å². The number of carbonyl (C=O) groups is 1. The first-order valence-electron chi connectivity index (χ1n) is 8.99. The van der Waals surface area contributed by atoms with Crippen molar-refractivity contribution in [2.24, 2.45) is 0 Å². The molecular formula is C18H19F3N6O3S. The Balaban J connectivity index is 1.70. The molecule has 3 rings (SSSR count). The van der Waals surface area contributed by atoms with E-state index in [0.717, 1.165) is 6.26 Å². The van der Waals surface area contributed by atoms with E-state index in [1.807, 2.05) is 0 Å². The number of alkyl halides is 3. The maximum absolute atomic E-state index is 12.6. The molecule has 31 heavy (non-hydrogen) atoms. The average Bonchev–Trinajstić information content (AvgIpc) is 3.13. The fraction of sp³-hybridized carbons (Fsp3) is 0.278. The van der Waals surface area contributed by atoms with Crippen molar-refractivity contribution in [2.75, 3.05) is 35.7 Å². The zero-order valence-electron chi connectivity index (χ0n) is 16.2. The molecule has 4 N–H and O–H groups in total. The second-order valence-electron chi connectivity index (χ2n) is 6.69. The van der Waals surface area contributed by atoms with Gasteiger partial charge in [-0.3, -0.25) is 4.79 Å². The predicted octanol–water partition coefficient (Wildman–Crippen LogP) is 2.45. The second kappa shape index (κ2) is 8.79. The third-order valence-electron chi connectivity index (χ3n) is 4.03. The summed E-state index contributed by atoms with van der Waals surface area (Å²) in [5, 5.41) is 8.06. The number of anilines is 3. The van der Waals surface area contributed by atoms with Crippen molar-refractivity contribution < 1.29 is 26.4 Å². The average molecular weight is 456 g/mol. The van der Waals surface area contributed by atoms with Gasteiger partial charge in [0.2, 0.25) is 5.95 Å². The summed E-state index contributed by atoms with van der Waals surface area (Å²) in [4.78, 5) is 23.2. The van der Waals surface area contributed by atoms with E-state index in [-0.39, 0.29) is 24.1 Å². The predicted molar refractivity (Wildman–Crippen MR) is 110 cm³/mol. The van der Waals surface area contributed by atoms with Crippen molar-refractivity contribution in [3.8, 4) is 0 Å². The SMILES string of the molecule is CS(=O)(=O)CCNC(=O)c1ccc(Nc2nc(NCC(F)(F)F)c3cc[nH]c3n2)cc1. The molecule has 166 valence electrons. The van der Waals surface area contributed by atoms with Gasteiger partial charge in [0.25, 0.3) is 5.91 Å². The third-order valence-corrected chi connectivity index (χ3v) is 4.98. The largest absolute Gasteiger partial charge is 0.405 e. The van der Waals surface area contributed by atoms with Crippen molar-refractivity contribution in [2.45, 2.75) is 6.18 Å². The zero-order valence-corrected chi connectivity index (χ0v) is 17.1. The van der Waals surface area contributed by atoms with Crippen LogP contribution < -0.4 is 16.0 Å². The Morgan fingerprint density at radius 1 is 1.13 bits per heavy atom. The van der Waals surface area contributed by atoms with Gasteiger partial charge in [-0.15, -0.1) is 0 Å². The number of sulfone groups is 1. The highest BCUT2D eigenvalue weighted by atomic mass is 32.2. The fourth-order valence-electron chi connectivity index (χ4n) is 2.60. The normalized spacial score (nSPS) is 12.0. The number of hydrogen-bond donors (Lipinski definition) is 4. The number of aromatic nitrogens is 3. The van der Waals surface area contributed by atoms with Gasteiger partial charge in [0.1, 0.15) is 27.8 Å². The van der Waals surface area contributed by atoms with E-state index in [4.69, 9.17) is 0 Å². The number of hydrogen-bond acceptors (Lipinski definition) is 7. The van der Waals surface area contributed by atoms with E-state index in [1.54, 1.807) is 24.4 Å². The van der Waals surface area contributed by atoms with Crippen molar-refractivity contribution in [1.29, 1.82) is 0 Å². The molecule has 0 atom stereocenters. The van der Waals surface area contributed by atoms with E-state index in [9.17, 15) is 26.4 Å². The van der Waals surface area contributed by atoms with Crippen molar-refractivity contribution in [3.05, 3.63) is 42.1 Å². The van der Waals surface area contributed by atoms with Crippen LogP contribution >= 0.6 is 0 Å². The van der Waals surface area contributed by atoms with Crippen LogP contribution in [-0.4, -0.2) is 60.6 Å². The Hall–Kier alpha value is -3.35. The van der Waals surface area contributed by atoms with Gasteiger partial charge in [0.05, 0.1) is 11.1 Å². The number of fused-ring (bicyclic) bond motifs is 1. The van der Waals surface area contributed by atoms with Crippen molar-refractivity contribution in [3.63, 3.8) is 0 Å². The minimum Gasteiger partial charge on any atom is -0.360 e. The third kappa shape index (κ3) is 6.57. The lowest BCUT2D eigenvalue weighted by atomic mass is 10.2. The van der Waals surface area contributed by atoms with Crippen LogP contribution in [0.4, 0.5) is 30.6 Å². The first-order chi connectivity index (χ1) is 14.5. The number of nitrogens with zero attached hydrogens (tertiary/aromatic N) is 2. The molecule has 0 spiro atoms. The van der Waals surface area contributed by atoms with Crippen LogP contribution in [0.5, 0.6) is 0 Å². The van der Waals surface area contributed by atoms with Crippen LogP contribution in [0.15, 0.2) is 36.5 Å². The molecule has 13 heteroatoms. The maximum Gasteiger partial charge on any atom is 0.405 e. The summed E-state index contributed by atoms with van der Waals surface area (Å²) >= 11 is 0. The maximum atomic E-state index is 12.6. The van der Waals surface area contributed by atoms with Gasteiger partial charge in [0.15, 0.2) is 0 Å². The highest BCUT2D eigenvalue weighted by molar-refractivity contribution is 7.90. The van der Waals surface area contributed by atoms with Crippen LogP contribution in [0.1, 0.15) is 10.4 Å². The van der Waals surface area contributed by atoms with Gasteiger partial charge in [-0.25, -0.2) is 8.42 Å². The molecule has 1 aromatic carbocycles. The minimum absolute atomic E-state index is 0.00459. The molecule has 0 aliphatic carbocycles. The number of benzene rings is 1. The number of H-pyrrole nitrogens is 1. The van der Waals surface area contributed by atoms with E-state index >= 15 is 0 Å². The molecular weight excluding hydrogens is 437 g/mol. The Morgan fingerprint density at radius 3 is 2.48 bits per heavy atom. The summed E-state index contributed by atoms with van der Waals surface area (Å²) in [6, 6.07) is 7.71. The van der Waals surface area contributed by atoms with E-state index < -0.39 is 28.5 Å². The number of rotatable bonds is 8. The first kappa shape index (κ1) is 22.3. The summed E-state index contributed by atoms with van der Waals surface area (Å²) in [7, 11) is -3.18. The van der Waals surface area contributed by atoms with Crippen LogP contribution in [0.25, 0.3) is 11.0 Å². The van der Waals surface area contributed by atoms with Crippen molar-refractivity contribution >= 4 is 44.2 Å². The topological polar surface area (TPSA) is 129 Å². The zero-order chi connectivity index (χ0) is 22.6. The fourth-order valence-corrected chi connectivity index (χ4v) is 3.07. The van der Waals surface area contributed by atoms with Crippen molar-refractivity contribution in [1.82, 2.24) is 20.3 Å². The van der Waals surface area contributed by atoms with Gasteiger partial charge in [-0.05, 0) is 30.3 Å². The van der Waals surface area contributed by atoms with Gasteiger partial charge in [-0.2, -0.15) is 23.1 Å².